The van der Waals surface area contributed by atoms with Crippen LogP contribution in [0.2, 0.25) is 10.0 Å². The van der Waals surface area contributed by atoms with Gasteiger partial charge in [0.05, 0.1) is 16.7 Å². The molecular weight excluding hydrogens is 551 g/mol. The molecule has 210 valence electrons. The molecule has 1 saturated heterocycles. The summed E-state index contributed by atoms with van der Waals surface area (Å²) in [4.78, 5) is 16.8. The topological polar surface area (TPSA) is 57.7 Å². The number of sulfonamides is 1. The molecule has 5 nitrogen and oxygen atoms in total. The number of rotatable bonds is 11. The fourth-order valence-electron chi connectivity index (χ4n) is 6.48. The van der Waals surface area contributed by atoms with Gasteiger partial charge in [0, 0.05) is 35.6 Å². The molecule has 0 radical (unpaired) electrons. The molecule has 0 spiro atoms. The molecule has 1 heterocycles. The maximum atomic E-state index is 14.8. The van der Waals surface area contributed by atoms with Crippen LogP contribution in [0.3, 0.4) is 0 Å². The second-order valence-electron chi connectivity index (χ2n) is 11.6. The van der Waals surface area contributed by atoms with Gasteiger partial charge in [0.1, 0.15) is 0 Å². The monoisotopic (exact) mass is 588 g/mol. The van der Waals surface area contributed by atoms with Crippen molar-refractivity contribution in [3.63, 3.8) is 0 Å². The lowest BCUT2D eigenvalue weighted by Crippen LogP contribution is -2.59. The van der Waals surface area contributed by atoms with Gasteiger partial charge in [-0.05, 0) is 86.3 Å². The summed E-state index contributed by atoms with van der Waals surface area (Å²) in [6.07, 6.45) is 7.16. The van der Waals surface area contributed by atoms with Crippen molar-refractivity contribution in [2.24, 2.45) is 11.3 Å². The highest BCUT2D eigenvalue weighted by atomic mass is 35.5. The maximum Gasteiger partial charge on any atom is 0.229 e. The minimum atomic E-state index is -3.38. The molecule has 4 unspecified atom stereocenters. The summed E-state index contributed by atoms with van der Waals surface area (Å²) < 4.78 is 27.9. The molecule has 1 aliphatic heterocycles. The fourth-order valence-corrected chi connectivity index (χ4v) is 8.41. The Morgan fingerprint density at radius 2 is 1.77 bits per heavy atom. The number of halogens is 2. The zero-order chi connectivity index (χ0) is 27.9. The highest BCUT2D eigenvalue weighted by molar-refractivity contribution is 7.90. The van der Waals surface area contributed by atoms with Gasteiger partial charge in [0.15, 0.2) is 0 Å². The van der Waals surface area contributed by atoms with Crippen LogP contribution < -0.4 is 0 Å². The highest BCUT2D eigenvalue weighted by Crippen LogP contribution is 2.55. The average Bonchev–Trinajstić information content (AvgIpc) is 3.82. The fraction of sp³-hybridized carbons (Fsp3) is 0.516. The van der Waals surface area contributed by atoms with Gasteiger partial charge in [0.25, 0.3) is 0 Å². The first-order valence-electron chi connectivity index (χ1n) is 14.0. The number of hydrogen-bond donors (Lipinski definition) is 0. The van der Waals surface area contributed by atoms with Crippen molar-refractivity contribution in [2.75, 3.05) is 13.6 Å². The summed E-state index contributed by atoms with van der Waals surface area (Å²) in [6.45, 7) is 6.39. The number of piperidine rings is 1. The molecule has 2 aromatic carbocycles. The molecule has 2 aliphatic carbocycles. The smallest absolute Gasteiger partial charge is 0.229 e. The normalized spacial score (nSPS) is 26.6. The lowest BCUT2D eigenvalue weighted by Gasteiger charge is -2.53. The minimum absolute atomic E-state index is 0.0333. The largest absolute Gasteiger partial charge is 0.330 e. The first-order chi connectivity index (χ1) is 18.6. The lowest BCUT2D eigenvalue weighted by atomic mass is 9.64. The van der Waals surface area contributed by atoms with Gasteiger partial charge in [-0.2, -0.15) is 0 Å². The van der Waals surface area contributed by atoms with E-state index in [0.29, 0.717) is 48.7 Å². The zero-order valence-corrected chi connectivity index (χ0v) is 25.1. The van der Waals surface area contributed by atoms with E-state index >= 15 is 0 Å². The minimum Gasteiger partial charge on any atom is -0.330 e. The van der Waals surface area contributed by atoms with Crippen LogP contribution in [0.15, 0.2) is 61.2 Å². The van der Waals surface area contributed by atoms with Crippen LogP contribution in [0.4, 0.5) is 0 Å². The second-order valence-corrected chi connectivity index (χ2v) is 14.8. The Hall–Kier alpha value is -1.86. The van der Waals surface area contributed by atoms with E-state index in [0.717, 1.165) is 24.0 Å². The average molecular weight is 590 g/mol. The quantitative estimate of drug-likeness (QED) is 0.260. The lowest BCUT2D eigenvalue weighted by molar-refractivity contribution is -0.157. The number of benzene rings is 2. The van der Waals surface area contributed by atoms with Crippen molar-refractivity contribution in [3.05, 3.63) is 82.4 Å². The Morgan fingerprint density at radius 3 is 2.33 bits per heavy atom. The SMILES string of the molecule is C=CCC1(CC)CC(c2cccc(Cl)c2)C(c2ccc(Cl)cc2)N(C(CN(C)S(=O)(=O)C2CC2)C2CC2)C1=O. The number of amides is 1. The molecule has 8 heteroatoms. The van der Waals surface area contributed by atoms with Crippen molar-refractivity contribution in [2.45, 2.75) is 75.1 Å². The Balaban J connectivity index is 1.66. The molecule has 1 amide bonds. The van der Waals surface area contributed by atoms with Gasteiger partial charge in [-0.3, -0.25) is 4.79 Å². The van der Waals surface area contributed by atoms with Gasteiger partial charge in [0.2, 0.25) is 15.9 Å². The van der Waals surface area contributed by atoms with Crippen LogP contribution in [0.5, 0.6) is 0 Å². The van der Waals surface area contributed by atoms with E-state index in [9.17, 15) is 13.2 Å². The Morgan fingerprint density at radius 1 is 1.08 bits per heavy atom. The third-order valence-electron chi connectivity index (χ3n) is 9.03. The molecule has 0 bridgehead atoms. The van der Waals surface area contributed by atoms with Crippen molar-refractivity contribution >= 4 is 39.1 Å². The number of likely N-dealkylation sites (N-methyl/N-ethyl adjacent to an activating group) is 1. The number of carbonyl (C=O) groups is 1. The maximum absolute atomic E-state index is 14.8. The summed E-state index contributed by atoms with van der Waals surface area (Å²) in [6, 6.07) is 15.2. The molecule has 39 heavy (non-hydrogen) atoms. The van der Waals surface area contributed by atoms with E-state index in [1.54, 1.807) is 7.05 Å². The van der Waals surface area contributed by atoms with E-state index in [4.69, 9.17) is 23.2 Å². The Bertz CT molecular complexity index is 1320. The predicted molar refractivity (Wildman–Crippen MR) is 158 cm³/mol. The van der Waals surface area contributed by atoms with Crippen LogP contribution in [0, 0.1) is 11.3 Å². The number of carbonyl (C=O) groups excluding carboxylic acids is 1. The Labute approximate surface area is 243 Å². The third kappa shape index (κ3) is 5.68. The molecule has 0 aromatic heterocycles. The second kappa shape index (κ2) is 11.2. The van der Waals surface area contributed by atoms with Crippen LogP contribution in [0.1, 0.15) is 75.0 Å². The Kier molecular flexibility index (Phi) is 8.23. The number of likely N-dealkylation sites (tertiary alicyclic amines) is 1. The van der Waals surface area contributed by atoms with Crippen LogP contribution >= 0.6 is 23.2 Å². The van der Waals surface area contributed by atoms with Crippen LogP contribution in [-0.2, 0) is 14.8 Å². The van der Waals surface area contributed by atoms with Crippen molar-refractivity contribution in [1.29, 1.82) is 0 Å². The molecule has 0 N–H and O–H groups in total. The number of allylic oxidation sites excluding steroid dienone is 1. The molecule has 3 aliphatic rings. The first-order valence-corrected chi connectivity index (χ1v) is 16.3. The van der Waals surface area contributed by atoms with Crippen molar-refractivity contribution < 1.29 is 13.2 Å². The summed E-state index contributed by atoms with van der Waals surface area (Å²) in [5.74, 6) is 0.323. The zero-order valence-electron chi connectivity index (χ0n) is 22.7. The van der Waals surface area contributed by atoms with Crippen LogP contribution in [-0.4, -0.2) is 48.4 Å². The third-order valence-corrected chi connectivity index (χ3v) is 11.8. The number of nitrogens with zero attached hydrogens (tertiary/aromatic N) is 2. The van der Waals surface area contributed by atoms with Crippen LogP contribution in [0.25, 0.3) is 0 Å². The molecular formula is C31H38Cl2N2O3S. The molecule has 4 atom stereocenters. The van der Waals surface area contributed by atoms with E-state index in [1.165, 1.54) is 4.31 Å². The molecule has 3 fully saturated rings. The summed E-state index contributed by atoms with van der Waals surface area (Å²) in [5, 5.41) is 1.00. The van der Waals surface area contributed by atoms with Gasteiger partial charge in [-0.25, -0.2) is 12.7 Å². The molecule has 5 rings (SSSR count). The standard InChI is InChI=1S/C31H38Cl2N2O3S/c1-4-17-31(5-2)19-27(23-7-6-8-25(33)18-23)29(22-11-13-24(32)14-12-22)35(30(31)36)28(21-9-10-21)20-34(3)39(37,38)26-15-16-26/h4,6-8,11-14,18,21,26-29H,1,5,9-10,15-17,19-20H2,2-3H3. The van der Waals surface area contributed by atoms with Crippen molar-refractivity contribution in [1.82, 2.24) is 9.21 Å². The van der Waals surface area contributed by atoms with E-state index in [-0.39, 0.29) is 35.1 Å². The van der Waals surface area contributed by atoms with Gasteiger partial charge in [-0.1, -0.05) is 60.5 Å². The summed E-state index contributed by atoms with van der Waals surface area (Å²) in [5.41, 5.74) is 1.45. The predicted octanol–water partition coefficient (Wildman–Crippen LogP) is 7.23. The van der Waals surface area contributed by atoms with E-state index < -0.39 is 15.4 Å². The van der Waals surface area contributed by atoms with Gasteiger partial charge < -0.3 is 4.90 Å². The highest BCUT2D eigenvalue weighted by Gasteiger charge is 2.55. The summed E-state index contributed by atoms with van der Waals surface area (Å²) >= 11 is 12.8. The molecule has 2 aromatic rings. The van der Waals surface area contributed by atoms with E-state index in [2.05, 4.69) is 24.5 Å². The van der Waals surface area contributed by atoms with Crippen molar-refractivity contribution in [3.8, 4) is 0 Å². The van der Waals surface area contributed by atoms with Gasteiger partial charge in [-0.15, -0.1) is 6.58 Å². The number of hydrogen-bond acceptors (Lipinski definition) is 3. The van der Waals surface area contributed by atoms with E-state index in [1.807, 2.05) is 48.5 Å². The molecule has 2 saturated carbocycles. The van der Waals surface area contributed by atoms with Gasteiger partial charge >= 0.3 is 0 Å². The first kappa shape index (κ1) is 28.7. The summed E-state index contributed by atoms with van der Waals surface area (Å²) in [7, 11) is -1.70.